The van der Waals surface area contributed by atoms with E-state index < -0.39 is 18.6 Å². The van der Waals surface area contributed by atoms with Crippen LogP contribution in [-0.4, -0.2) is 55.4 Å². The van der Waals surface area contributed by atoms with Crippen LogP contribution in [0.3, 0.4) is 0 Å². The quantitative estimate of drug-likeness (QED) is 0.457. The van der Waals surface area contributed by atoms with Gasteiger partial charge < -0.3 is 24.8 Å². The molecule has 1 aromatic rings. The Balaban J connectivity index is 1.86. The molecule has 1 fully saturated rings. The third-order valence-electron chi connectivity index (χ3n) is 5.48. The minimum atomic E-state index is -2.94. The number of esters is 1. The average Bonchev–Trinajstić information content (AvgIpc) is 3.60. The van der Waals surface area contributed by atoms with Crippen LogP contribution in [0, 0.1) is 0 Å². The highest BCUT2D eigenvalue weighted by Crippen LogP contribution is 2.33. The average molecular weight is 468 g/mol. The molecule has 1 saturated carbocycles. The summed E-state index contributed by atoms with van der Waals surface area (Å²) in [6.45, 7) is 3.83. The molecule has 1 aliphatic carbocycles. The predicted molar refractivity (Wildman–Crippen MR) is 117 cm³/mol. The van der Waals surface area contributed by atoms with Crippen molar-refractivity contribution in [1.82, 2.24) is 15.5 Å². The molecule has 1 heterocycles. The van der Waals surface area contributed by atoms with Crippen LogP contribution in [0.5, 0.6) is 11.5 Å². The standard InChI is InChI=1S/C23H31F2N3O5/c1-4-16-20(21(29)32-6-3)17(27-23(30)26-16)13-28(15-8-9-15)12-14-7-10-18(33-22(24)25)19(11-14)31-5-2/h7,10-11,15-16,22H,4-6,8-9,12-13H2,1-3H3,(H2,26,27,30). The minimum Gasteiger partial charge on any atom is -0.490 e. The number of hydrogen-bond donors (Lipinski definition) is 2. The fourth-order valence-electron chi connectivity index (χ4n) is 3.89. The molecule has 182 valence electrons. The molecule has 1 unspecified atom stereocenters. The maximum atomic E-state index is 12.7. The topological polar surface area (TPSA) is 89.1 Å². The van der Waals surface area contributed by atoms with Crippen molar-refractivity contribution < 1.29 is 32.6 Å². The smallest absolute Gasteiger partial charge is 0.387 e. The Labute approximate surface area is 192 Å². The SMILES string of the molecule is CCOC(=O)C1=C(CN(Cc2ccc(OC(F)F)c(OCC)c2)C2CC2)NC(=O)NC1CC. The van der Waals surface area contributed by atoms with E-state index in [0.29, 0.717) is 43.4 Å². The Kier molecular flexibility index (Phi) is 8.49. The fourth-order valence-corrected chi connectivity index (χ4v) is 3.89. The van der Waals surface area contributed by atoms with Gasteiger partial charge in [-0.15, -0.1) is 0 Å². The van der Waals surface area contributed by atoms with Crippen molar-refractivity contribution in [3.8, 4) is 11.5 Å². The van der Waals surface area contributed by atoms with E-state index >= 15 is 0 Å². The Morgan fingerprint density at radius 3 is 2.52 bits per heavy atom. The zero-order chi connectivity index (χ0) is 24.0. The number of urea groups is 1. The number of hydrogen-bond acceptors (Lipinski definition) is 6. The maximum absolute atomic E-state index is 12.7. The molecule has 2 N–H and O–H groups in total. The molecule has 0 saturated heterocycles. The van der Waals surface area contributed by atoms with E-state index in [1.807, 2.05) is 6.92 Å². The van der Waals surface area contributed by atoms with Crippen molar-refractivity contribution in [1.29, 1.82) is 0 Å². The summed E-state index contributed by atoms with van der Waals surface area (Å²) in [6.07, 6.45) is 2.55. The van der Waals surface area contributed by atoms with Crippen LogP contribution in [-0.2, 0) is 16.1 Å². The van der Waals surface area contributed by atoms with Crippen molar-refractivity contribution in [2.45, 2.75) is 65.3 Å². The van der Waals surface area contributed by atoms with Crippen LogP contribution in [0.4, 0.5) is 13.6 Å². The molecule has 8 nitrogen and oxygen atoms in total. The van der Waals surface area contributed by atoms with Crippen LogP contribution < -0.4 is 20.1 Å². The third-order valence-corrected chi connectivity index (χ3v) is 5.48. The summed E-state index contributed by atoms with van der Waals surface area (Å²) in [5.74, 6) is -0.217. The first-order valence-corrected chi connectivity index (χ1v) is 11.3. The number of amides is 2. The van der Waals surface area contributed by atoms with Gasteiger partial charge in [0.2, 0.25) is 0 Å². The van der Waals surface area contributed by atoms with Crippen molar-refractivity contribution in [2.24, 2.45) is 0 Å². The van der Waals surface area contributed by atoms with E-state index in [4.69, 9.17) is 9.47 Å². The van der Waals surface area contributed by atoms with Gasteiger partial charge in [-0.05, 0) is 50.8 Å². The van der Waals surface area contributed by atoms with Gasteiger partial charge in [0.1, 0.15) is 0 Å². The lowest BCUT2D eigenvalue weighted by atomic mass is 9.99. The minimum absolute atomic E-state index is 0.0164. The van der Waals surface area contributed by atoms with Gasteiger partial charge in [0, 0.05) is 24.8 Å². The van der Waals surface area contributed by atoms with Gasteiger partial charge in [-0.2, -0.15) is 8.78 Å². The van der Waals surface area contributed by atoms with Gasteiger partial charge in [-0.3, -0.25) is 4.90 Å². The lowest BCUT2D eigenvalue weighted by Gasteiger charge is -2.31. The number of carbonyl (C=O) groups is 2. The van der Waals surface area contributed by atoms with Crippen LogP contribution in [0.15, 0.2) is 29.5 Å². The number of carbonyl (C=O) groups excluding carboxylic acids is 2. The number of alkyl halides is 2. The first-order valence-electron chi connectivity index (χ1n) is 11.3. The van der Waals surface area contributed by atoms with Gasteiger partial charge in [0.15, 0.2) is 11.5 Å². The first kappa shape index (κ1) is 24.8. The van der Waals surface area contributed by atoms with Crippen molar-refractivity contribution in [2.75, 3.05) is 19.8 Å². The van der Waals surface area contributed by atoms with Gasteiger partial charge >= 0.3 is 18.6 Å². The van der Waals surface area contributed by atoms with E-state index in [0.717, 1.165) is 18.4 Å². The Morgan fingerprint density at radius 1 is 1.15 bits per heavy atom. The van der Waals surface area contributed by atoms with Crippen LogP contribution >= 0.6 is 0 Å². The normalized spacial score (nSPS) is 18.3. The summed E-state index contributed by atoms with van der Waals surface area (Å²) >= 11 is 0. The predicted octanol–water partition coefficient (Wildman–Crippen LogP) is 3.56. The molecule has 0 aromatic heterocycles. The van der Waals surface area contributed by atoms with E-state index in [9.17, 15) is 18.4 Å². The molecule has 0 spiro atoms. The second kappa shape index (κ2) is 11.3. The molecular weight excluding hydrogens is 436 g/mol. The van der Waals surface area contributed by atoms with E-state index in [-0.39, 0.29) is 24.1 Å². The molecule has 10 heteroatoms. The zero-order valence-electron chi connectivity index (χ0n) is 19.2. The number of rotatable bonds is 12. The highest BCUT2D eigenvalue weighted by molar-refractivity contribution is 5.94. The van der Waals surface area contributed by atoms with E-state index in [2.05, 4.69) is 20.3 Å². The summed E-state index contributed by atoms with van der Waals surface area (Å²) in [5.41, 5.74) is 1.80. The summed E-state index contributed by atoms with van der Waals surface area (Å²) < 4.78 is 40.7. The number of ether oxygens (including phenoxy) is 3. The summed E-state index contributed by atoms with van der Waals surface area (Å²) in [4.78, 5) is 27.0. The number of benzene rings is 1. The van der Waals surface area contributed by atoms with E-state index in [1.54, 1.807) is 26.0 Å². The van der Waals surface area contributed by atoms with Crippen molar-refractivity contribution in [3.05, 3.63) is 35.0 Å². The second-order valence-electron chi connectivity index (χ2n) is 7.90. The van der Waals surface area contributed by atoms with Gasteiger partial charge in [0.05, 0.1) is 24.8 Å². The molecule has 0 radical (unpaired) electrons. The van der Waals surface area contributed by atoms with Gasteiger partial charge in [-0.1, -0.05) is 13.0 Å². The van der Waals surface area contributed by atoms with Gasteiger partial charge in [-0.25, -0.2) is 9.59 Å². The Morgan fingerprint density at radius 2 is 1.91 bits per heavy atom. The van der Waals surface area contributed by atoms with Crippen molar-refractivity contribution in [3.63, 3.8) is 0 Å². The highest BCUT2D eigenvalue weighted by atomic mass is 19.3. The molecule has 1 aromatic carbocycles. The Hall–Kier alpha value is -2.88. The largest absolute Gasteiger partial charge is 0.490 e. The van der Waals surface area contributed by atoms with E-state index in [1.165, 1.54) is 6.07 Å². The number of nitrogens with zero attached hydrogens (tertiary/aromatic N) is 1. The Bertz CT molecular complexity index is 889. The van der Waals surface area contributed by atoms with Crippen LogP contribution in [0.25, 0.3) is 0 Å². The third kappa shape index (κ3) is 6.56. The second-order valence-corrected chi connectivity index (χ2v) is 7.90. The molecule has 33 heavy (non-hydrogen) atoms. The molecule has 3 rings (SSSR count). The lowest BCUT2D eigenvalue weighted by molar-refractivity contribution is -0.139. The summed E-state index contributed by atoms with van der Waals surface area (Å²) in [6, 6.07) is 4.39. The molecule has 2 amide bonds. The first-order chi connectivity index (χ1) is 15.9. The zero-order valence-corrected chi connectivity index (χ0v) is 19.2. The summed E-state index contributed by atoms with van der Waals surface area (Å²) in [7, 11) is 0. The van der Waals surface area contributed by atoms with Crippen molar-refractivity contribution >= 4 is 12.0 Å². The monoisotopic (exact) mass is 467 g/mol. The van der Waals surface area contributed by atoms with Crippen LogP contribution in [0.2, 0.25) is 0 Å². The van der Waals surface area contributed by atoms with Crippen LogP contribution in [0.1, 0.15) is 45.6 Å². The number of halogens is 2. The molecular formula is C23H31F2N3O5. The van der Waals surface area contributed by atoms with Gasteiger partial charge in [0.25, 0.3) is 0 Å². The molecule has 2 aliphatic rings. The lowest BCUT2D eigenvalue weighted by Crippen LogP contribution is -2.52. The summed E-state index contributed by atoms with van der Waals surface area (Å²) in [5, 5.41) is 5.57. The highest BCUT2D eigenvalue weighted by Gasteiger charge is 2.35. The fraction of sp³-hybridized carbons (Fsp3) is 0.565. The molecule has 0 bridgehead atoms. The molecule has 1 aliphatic heterocycles. The number of nitrogens with one attached hydrogen (secondary N) is 2. The molecule has 1 atom stereocenters. The maximum Gasteiger partial charge on any atom is 0.387 e.